The molecule has 0 fully saturated rings. The van der Waals surface area contributed by atoms with Crippen molar-refractivity contribution in [3.63, 3.8) is 0 Å². The van der Waals surface area contributed by atoms with Crippen molar-refractivity contribution in [1.82, 2.24) is 5.32 Å². The van der Waals surface area contributed by atoms with Gasteiger partial charge in [0.2, 0.25) is 0 Å². The van der Waals surface area contributed by atoms with Gasteiger partial charge in [-0.05, 0) is 29.7 Å². The van der Waals surface area contributed by atoms with Crippen molar-refractivity contribution >= 4 is 0 Å². The first-order chi connectivity index (χ1) is 10.8. The Hall–Kier alpha value is -2.04. The van der Waals surface area contributed by atoms with Gasteiger partial charge in [-0.1, -0.05) is 36.4 Å². The predicted molar refractivity (Wildman–Crippen MR) is 85.3 cm³/mol. The number of hydrogen-bond acceptors (Lipinski definition) is 4. The van der Waals surface area contributed by atoms with Crippen molar-refractivity contribution in [3.05, 3.63) is 59.7 Å². The zero-order valence-corrected chi connectivity index (χ0v) is 12.5. The minimum atomic E-state index is -0.389. The van der Waals surface area contributed by atoms with Crippen LogP contribution in [0.3, 0.4) is 0 Å². The van der Waals surface area contributed by atoms with Gasteiger partial charge >= 0.3 is 0 Å². The molecule has 0 aliphatic carbocycles. The number of aliphatic hydroxyl groups is 1. The Kier molecular flexibility index (Phi) is 4.93. The van der Waals surface area contributed by atoms with E-state index in [-0.39, 0.29) is 6.10 Å². The summed E-state index contributed by atoms with van der Waals surface area (Å²) >= 11 is 0. The first kappa shape index (κ1) is 14.9. The number of aliphatic hydroxyl groups excluding tert-OH is 1. The predicted octanol–water partition coefficient (Wildman–Crippen LogP) is 2.15. The Bertz CT molecular complexity index is 601. The molecule has 22 heavy (non-hydrogen) atoms. The second-order valence-electron chi connectivity index (χ2n) is 5.45. The molecule has 1 atom stereocenters. The van der Waals surface area contributed by atoms with E-state index < -0.39 is 0 Å². The highest BCUT2D eigenvalue weighted by Gasteiger charge is 2.11. The molecule has 1 aliphatic heterocycles. The Morgan fingerprint density at radius 1 is 0.955 bits per heavy atom. The third-order valence-electron chi connectivity index (χ3n) is 3.63. The van der Waals surface area contributed by atoms with Gasteiger partial charge in [-0.2, -0.15) is 0 Å². The SMILES string of the molecule is O[C@H](CNCc1ccc2c(c1)OCCO2)Cc1ccccc1. The van der Waals surface area contributed by atoms with Crippen LogP contribution in [0, 0.1) is 0 Å². The molecular formula is C18H21NO3. The highest BCUT2D eigenvalue weighted by molar-refractivity contribution is 5.43. The molecule has 0 radical (unpaired) electrons. The lowest BCUT2D eigenvalue weighted by Crippen LogP contribution is -2.28. The van der Waals surface area contributed by atoms with Gasteiger partial charge in [0.05, 0.1) is 6.10 Å². The summed E-state index contributed by atoms with van der Waals surface area (Å²) in [5, 5.41) is 13.3. The van der Waals surface area contributed by atoms with Gasteiger partial charge in [0.15, 0.2) is 11.5 Å². The van der Waals surface area contributed by atoms with E-state index in [0.29, 0.717) is 32.7 Å². The van der Waals surface area contributed by atoms with E-state index in [1.165, 1.54) is 0 Å². The second kappa shape index (κ2) is 7.29. The highest BCUT2D eigenvalue weighted by atomic mass is 16.6. The largest absolute Gasteiger partial charge is 0.486 e. The normalized spacial score (nSPS) is 14.6. The third-order valence-corrected chi connectivity index (χ3v) is 3.63. The number of benzene rings is 2. The molecule has 0 saturated heterocycles. The van der Waals surface area contributed by atoms with Crippen molar-refractivity contribution in [1.29, 1.82) is 0 Å². The van der Waals surface area contributed by atoms with Gasteiger partial charge < -0.3 is 19.9 Å². The molecule has 116 valence electrons. The van der Waals surface area contributed by atoms with E-state index in [1.807, 2.05) is 48.5 Å². The topological polar surface area (TPSA) is 50.7 Å². The third kappa shape index (κ3) is 4.00. The molecule has 0 unspecified atom stereocenters. The molecule has 0 saturated carbocycles. The van der Waals surface area contributed by atoms with Crippen molar-refractivity contribution in [2.75, 3.05) is 19.8 Å². The van der Waals surface area contributed by atoms with Crippen LogP contribution in [0.5, 0.6) is 11.5 Å². The molecular weight excluding hydrogens is 278 g/mol. The maximum atomic E-state index is 10.1. The van der Waals surface area contributed by atoms with Gasteiger partial charge in [0.25, 0.3) is 0 Å². The number of hydrogen-bond donors (Lipinski definition) is 2. The number of rotatable bonds is 6. The minimum Gasteiger partial charge on any atom is -0.486 e. The van der Waals surface area contributed by atoms with E-state index in [0.717, 1.165) is 22.6 Å². The summed E-state index contributed by atoms with van der Waals surface area (Å²) in [7, 11) is 0. The molecule has 0 amide bonds. The molecule has 4 heteroatoms. The van der Waals surface area contributed by atoms with Gasteiger partial charge in [-0.25, -0.2) is 0 Å². The van der Waals surface area contributed by atoms with Crippen LogP contribution in [0.15, 0.2) is 48.5 Å². The summed E-state index contributed by atoms with van der Waals surface area (Å²) in [4.78, 5) is 0. The lowest BCUT2D eigenvalue weighted by atomic mass is 10.1. The van der Waals surface area contributed by atoms with Crippen molar-refractivity contribution < 1.29 is 14.6 Å². The summed E-state index contributed by atoms with van der Waals surface area (Å²) in [5.74, 6) is 1.61. The van der Waals surface area contributed by atoms with Crippen LogP contribution >= 0.6 is 0 Å². The average molecular weight is 299 g/mol. The lowest BCUT2D eigenvalue weighted by Gasteiger charge is -2.19. The maximum absolute atomic E-state index is 10.1. The molecule has 1 aliphatic rings. The molecule has 0 aromatic heterocycles. The van der Waals surface area contributed by atoms with Crippen LogP contribution in [0.2, 0.25) is 0 Å². The summed E-state index contributed by atoms with van der Waals surface area (Å²) in [6.45, 7) is 2.46. The van der Waals surface area contributed by atoms with Gasteiger partial charge in [0, 0.05) is 13.1 Å². The summed E-state index contributed by atoms with van der Waals surface area (Å²) < 4.78 is 11.1. The quantitative estimate of drug-likeness (QED) is 0.858. The Balaban J connectivity index is 1.46. The number of fused-ring (bicyclic) bond motifs is 1. The van der Waals surface area contributed by atoms with Gasteiger partial charge in [-0.15, -0.1) is 0 Å². The maximum Gasteiger partial charge on any atom is 0.161 e. The fourth-order valence-corrected chi connectivity index (χ4v) is 2.54. The Morgan fingerprint density at radius 2 is 1.73 bits per heavy atom. The molecule has 2 aromatic carbocycles. The van der Waals surface area contributed by atoms with Crippen LogP contribution in [0.25, 0.3) is 0 Å². The summed E-state index contributed by atoms with van der Waals surface area (Å²) in [6.07, 6.45) is 0.272. The van der Waals surface area contributed by atoms with Crippen LogP contribution < -0.4 is 14.8 Å². The zero-order chi connectivity index (χ0) is 15.2. The molecule has 0 bridgehead atoms. The second-order valence-corrected chi connectivity index (χ2v) is 5.45. The molecule has 0 spiro atoms. The molecule has 2 aromatic rings. The minimum absolute atomic E-state index is 0.389. The number of nitrogens with one attached hydrogen (secondary N) is 1. The highest BCUT2D eigenvalue weighted by Crippen LogP contribution is 2.30. The summed E-state index contributed by atoms with van der Waals surface area (Å²) in [6, 6.07) is 16.0. The fourth-order valence-electron chi connectivity index (χ4n) is 2.54. The molecule has 3 rings (SSSR count). The van der Waals surface area contributed by atoms with E-state index in [2.05, 4.69) is 5.32 Å². The first-order valence-electron chi connectivity index (χ1n) is 7.62. The van der Waals surface area contributed by atoms with Crippen molar-refractivity contribution in [2.24, 2.45) is 0 Å². The fraction of sp³-hybridized carbons (Fsp3) is 0.333. The zero-order valence-electron chi connectivity index (χ0n) is 12.5. The van der Waals surface area contributed by atoms with E-state index in [9.17, 15) is 5.11 Å². The smallest absolute Gasteiger partial charge is 0.161 e. The van der Waals surface area contributed by atoms with Crippen molar-refractivity contribution in [3.8, 4) is 11.5 Å². The monoisotopic (exact) mass is 299 g/mol. The Labute approximate surface area is 130 Å². The Morgan fingerprint density at radius 3 is 2.55 bits per heavy atom. The number of ether oxygens (including phenoxy) is 2. The van der Waals surface area contributed by atoms with Crippen molar-refractivity contribution in [2.45, 2.75) is 19.1 Å². The van der Waals surface area contributed by atoms with Gasteiger partial charge in [-0.3, -0.25) is 0 Å². The van der Waals surface area contributed by atoms with Crippen LogP contribution in [-0.4, -0.2) is 31.0 Å². The standard InChI is InChI=1S/C18H21NO3/c20-16(10-14-4-2-1-3-5-14)13-19-12-15-6-7-17-18(11-15)22-9-8-21-17/h1-7,11,16,19-20H,8-10,12-13H2/t16-/m0/s1. The average Bonchev–Trinajstić information content (AvgIpc) is 2.55. The van der Waals surface area contributed by atoms with E-state index in [1.54, 1.807) is 0 Å². The summed E-state index contributed by atoms with van der Waals surface area (Å²) in [5.41, 5.74) is 2.27. The first-order valence-corrected chi connectivity index (χ1v) is 7.62. The molecule has 1 heterocycles. The molecule has 4 nitrogen and oxygen atoms in total. The van der Waals surface area contributed by atoms with Gasteiger partial charge in [0.1, 0.15) is 13.2 Å². The van der Waals surface area contributed by atoms with Crippen LogP contribution in [0.1, 0.15) is 11.1 Å². The van der Waals surface area contributed by atoms with E-state index in [4.69, 9.17) is 9.47 Å². The van der Waals surface area contributed by atoms with Crippen LogP contribution in [-0.2, 0) is 13.0 Å². The lowest BCUT2D eigenvalue weighted by molar-refractivity contribution is 0.169. The van der Waals surface area contributed by atoms with E-state index >= 15 is 0 Å². The molecule has 2 N–H and O–H groups in total. The van der Waals surface area contributed by atoms with Crippen LogP contribution in [0.4, 0.5) is 0 Å².